The van der Waals surface area contributed by atoms with Crippen molar-refractivity contribution in [1.82, 2.24) is 9.78 Å². The molecule has 2 rings (SSSR count). The Morgan fingerprint density at radius 3 is 2.44 bits per heavy atom. The lowest BCUT2D eigenvalue weighted by Crippen LogP contribution is -2.42. The monoisotopic (exact) mass is 222 g/mol. The minimum Gasteiger partial charge on any atom is -0.394 e. The van der Waals surface area contributed by atoms with E-state index in [1.54, 1.807) is 0 Å². The third-order valence-corrected chi connectivity index (χ3v) is 3.54. The van der Waals surface area contributed by atoms with E-state index in [-0.39, 0.29) is 5.54 Å². The van der Waals surface area contributed by atoms with Crippen LogP contribution in [0.1, 0.15) is 51.6 Å². The zero-order chi connectivity index (χ0) is 11.9. The summed E-state index contributed by atoms with van der Waals surface area (Å²) in [6.45, 7) is 6.49. The Morgan fingerprint density at radius 1 is 1.44 bits per heavy atom. The maximum absolute atomic E-state index is 6.15. The Morgan fingerprint density at radius 2 is 2.06 bits per heavy atom. The maximum atomic E-state index is 6.15. The van der Waals surface area contributed by atoms with Gasteiger partial charge in [-0.05, 0) is 32.1 Å². The molecule has 4 heteroatoms. The standard InChI is InChI=1S/C12H22N4/c1-8(2)10-9(13)11(16(4)15-10)14-12(3)6-5-7-12/h8,14H,5-7,13H2,1-4H3. The van der Waals surface area contributed by atoms with Crippen LogP contribution in [0.2, 0.25) is 0 Å². The first-order chi connectivity index (χ1) is 7.43. The molecule has 0 aromatic carbocycles. The zero-order valence-electron chi connectivity index (χ0n) is 10.7. The minimum atomic E-state index is 0.218. The van der Waals surface area contributed by atoms with Crippen molar-refractivity contribution in [2.24, 2.45) is 7.05 Å². The van der Waals surface area contributed by atoms with E-state index in [0.717, 1.165) is 17.2 Å². The van der Waals surface area contributed by atoms with Gasteiger partial charge < -0.3 is 11.1 Å². The number of hydrogen-bond acceptors (Lipinski definition) is 3. The number of hydrogen-bond donors (Lipinski definition) is 2. The summed E-state index contributed by atoms with van der Waals surface area (Å²) < 4.78 is 1.87. The SMILES string of the molecule is CC(C)c1nn(C)c(NC2(C)CCC2)c1N. The summed E-state index contributed by atoms with van der Waals surface area (Å²) in [5, 5.41) is 8.02. The van der Waals surface area contributed by atoms with Gasteiger partial charge in [0.1, 0.15) is 5.82 Å². The van der Waals surface area contributed by atoms with Crippen LogP contribution in [0, 0.1) is 0 Å². The van der Waals surface area contributed by atoms with E-state index in [4.69, 9.17) is 5.73 Å². The molecule has 1 aromatic rings. The molecular weight excluding hydrogens is 200 g/mol. The van der Waals surface area contributed by atoms with Crippen molar-refractivity contribution in [2.45, 2.75) is 51.5 Å². The van der Waals surface area contributed by atoms with Crippen molar-refractivity contribution in [3.63, 3.8) is 0 Å². The summed E-state index contributed by atoms with van der Waals surface area (Å²) in [5.41, 5.74) is 8.17. The highest BCUT2D eigenvalue weighted by Gasteiger charge is 2.33. The number of aromatic nitrogens is 2. The Labute approximate surface area is 97.2 Å². The molecule has 1 heterocycles. The number of nitrogens with two attached hydrogens (primary N) is 1. The topological polar surface area (TPSA) is 55.9 Å². The summed E-state index contributed by atoms with van der Waals surface area (Å²) in [6, 6.07) is 0. The third-order valence-electron chi connectivity index (χ3n) is 3.54. The highest BCUT2D eigenvalue weighted by molar-refractivity contribution is 5.66. The second-order valence-electron chi connectivity index (χ2n) is 5.47. The highest BCUT2D eigenvalue weighted by Crippen LogP contribution is 2.37. The first-order valence-corrected chi connectivity index (χ1v) is 6.03. The summed E-state index contributed by atoms with van der Waals surface area (Å²) in [5.74, 6) is 1.35. The van der Waals surface area contributed by atoms with E-state index < -0.39 is 0 Å². The number of rotatable bonds is 3. The van der Waals surface area contributed by atoms with Crippen molar-refractivity contribution in [2.75, 3.05) is 11.1 Å². The van der Waals surface area contributed by atoms with E-state index in [9.17, 15) is 0 Å². The van der Waals surface area contributed by atoms with Crippen LogP contribution in [0.5, 0.6) is 0 Å². The molecular formula is C12H22N4. The second-order valence-corrected chi connectivity index (χ2v) is 5.47. The van der Waals surface area contributed by atoms with Gasteiger partial charge in [0.25, 0.3) is 0 Å². The Bertz CT molecular complexity index is 388. The summed E-state index contributed by atoms with van der Waals surface area (Å²) >= 11 is 0. The third kappa shape index (κ3) is 1.77. The molecule has 4 nitrogen and oxygen atoms in total. The molecule has 3 N–H and O–H groups in total. The molecule has 1 aliphatic rings. The van der Waals surface area contributed by atoms with Crippen LogP contribution < -0.4 is 11.1 Å². The summed E-state index contributed by atoms with van der Waals surface area (Å²) in [4.78, 5) is 0. The molecule has 0 amide bonds. The lowest BCUT2D eigenvalue weighted by molar-refractivity contribution is 0.304. The second kappa shape index (κ2) is 3.68. The average Bonchev–Trinajstić information content (AvgIpc) is 2.43. The molecule has 16 heavy (non-hydrogen) atoms. The molecule has 1 aromatic heterocycles. The molecule has 0 atom stereocenters. The van der Waals surface area contributed by atoms with Crippen LogP contribution in [0.4, 0.5) is 11.5 Å². The number of anilines is 2. The van der Waals surface area contributed by atoms with Gasteiger partial charge in [0.2, 0.25) is 0 Å². The fraction of sp³-hybridized carbons (Fsp3) is 0.750. The van der Waals surface area contributed by atoms with E-state index in [1.165, 1.54) is 19.3 Å². The largest absolute Gasteiger partial charge is 0.394 e. The van der Waals surface area contributed by atoms with Gasteiger partial charge >= 0.3 is 0 Å². The van der Waals surface area contributed by atoms with Crippen molar-refractivity contribution in [1.29, 1.82) is 0 Å². The van der Waals surface area contributed by atoms with E-state index in [2.05, 4.69) is 31.2 Å². The smallest absolute Gasteiger partial charge is 0.148 e. The molecule has 1 fully saturated rings. The van der Waals surface area contributed by atoms with Crippen LogP contribution in [0.15, 0.2) is 0 Å². The van der Waals surface area contributed by atoms with Gasteiger partial charge in [0.05, 0.1) is 11.4 Å². The molecule has 0 spiro atoms. The predicted octanol–water partition coefficient (Wildman–Crippen LogP) is 2.48. The first kappa shape index (κ1) is 11.3. The molecule has 0 radical (unpaired) electrons. The number of nitrogen functional groups attached to an aromatic ring is 1. The highest BCUT2D eigenvalue weighted by atomic mass is 15.3. The van der Waals surface area contributed by atoms with Crippen LogP contribution in [0.3, 0.4) is 0 Å². The van der Waals surface area contributed by atoms with Crippen molar-refractivity contribution in [3.05, 3.63) is 5.69 Å². The first-order valence-electron chi connectivity index (χ1n) is 6.03. The fourth-order valence-corrected chi connectivity index (χ4v) is 2.25. The van der Waals surface area contributed by atoms with Crippen molar-refractivity contribution < 1.29 is 0 Å². The Hall–Kier alpha value is -1.19. The molecule has 90 valence electrons. The van der Waals surface area contributed by atoms with E-state index >= 15 is 0 Å². The van der Waals surface area contributed by atoms with Crippen LogP contribution >= 0.6 is 0 Å². The lowest BCUT2D eigenvalue weighted by atomic mass is 9.78. The Kier molecular flexibility index (Phi) is 2.60. The van der Waals surface area contributed by atoms with Crippen LogP contribution in [-0.2, 0) is 7.05 Å². The molecule has 0 saturated heterocycles. The normalized spacial score (nSPS) is 18.6. The average molecular weight is 222 g/mol. The van der Waals surface area contributed by atoms with Gasteiger partial charge in [-0.1, -0.05) is 13.8 Å². The number of nitrogens with one attached hydrogen (secondary N) is 1. The van der Waals surface area contributed by atoms with Crippen molar-refractivity contribution in [3.8, 4) is 0 Å². The number of aryl methyl sites for hydroxylation is 1. The molecule has 0 unspecified atom stereocenters. The van der Waals surface area contributed by atoms with Crippen LogP contribution in [-0.4, -0.2) is 15.3 Å². The van der Waals surface area contributed by atoms with Gasteiger partial charge in [-0.3, -0.25) is 4.68 Å². The van der Waals surface area contributed by atoms with Gasteiger partial charge in [-0.15, -0.1) is 0 Å². The number of nitrogens with zero attached hydrogens (tertiary/aromatic N) is 2. The van der Waals surface area contributed by atoms with Crippen molar-refractivity contribution >= 4 is 11.5 Å². The molecule has 1 aliphatic carbocycles. The van der Waals surface area contributed by atoms with Gasteiger partial charge in [0, 0.05) is 12.6 Å². The maximum Gasteiger partial charge on any atom is 0.148 e. The summed E-state index contributed by atoms with van der Waals surface area (Å²) in [7, 11) is 1.95. The quantitative estimate of drug-likeness (QED) is 0.826. The molecule has 1 saturated carbocycles. The summed E-state index contributed by atoms with van der Waals surface area (Å²) in [6.07, 6.45) is 3.74. The van der Waals surface area contributed by atoms with Crippen LogP contribution in [0.25, 0.3) is 0 Å². The fourth-order valence-electron chi connectivity index (χ4n) is 2.25. The zero-order valence-corrected chi connectivity index (χ0v) is 10.7. The van der Waals surface area contributed by atoms with Gasteiger partial charge in [-0.2, -0.15) is 5.10 Å². The van der Waals surface area contributed by atoms with E-state index in [0.29, 0.717) is 5.92 Å². The molecule has 0 bridgehead atoms. The van der Waals surface area contributed by atoms with Gasteiger partial charge in [0.15, 0.2) is 0 Å². The van der Waals surface area contributed by atoms with Gasteiger partial charge in [-0.25, -0.2) is 0 Å². The minimum absolute atomic E-state index is 0.218. The van der Waals surface area contributed by atoms with E-state index in [1.807, 2.05) is 11.7 Å². The molecule has 0 aliphatic heterocycles. The Balaban J connectivity index is 2.26. The lowest BCUT2D eigenvalue weighted by Gasteiger charge is -2.40. The predicted molar refractivity (Wildman–Crippen MR) is 67.6 cm³/mol.